The number of amides is 1. The monoisotopic (exact) mass is 346 g/mol. The first-order valence-electron chi connectivity index (χ1n) is 6.84. The Balaban J connectivity index is 1.87. The van der Waals surface area contributed by atoms with Crippen LogP contribution in [0.1, 0.15) is 15.4 Å². The Morgan fingerprint density at radius 3 is 2.65 bits per heavy atom. The van der Waals surface area contributed by atoms with E-state index in [4.69, 9.17) is 11.6 Å². The standard InChI is InChI=1S/C17H12ClFN2OS/c1-10-15(23-17(20-10)11-5-3-2-4-6-11)16(22)21-14-8-7-12(18)9-13(14)19/h2-9H,1H3,(H,21,22). The Labute approximate surface area is 141 Å². The third kappa shape index (κ3) is 3.41. The van der Waals surface area contributed by atoms with E-state index in [1.165, 1.54) is 23.5 Å². The molecular weight excluding hydrogens is 335 g/mol. The first kappa shape index (κ1) is 15.6. The molecule has 0 saturated carbocycles. The first-order chi connectivity index (χ1) is 11.0. The molecule has 3 nitrogen and oxygen atoms in total. The highest BCUT2D eigenvalue weighted by Crippen LogP contribution is 2.28. The zero-order valence-electron chi connectivity index (χ0n) is 12.1. The molecule has 0 unspecified atom stereocenters. The number of carbonyl (C=O) groups is 1. The number of halogens is 2. The second-order valence-electron chi connectivity index (χ2n) is 4.88. The summed E-state index contributed by atoms with van der Waals surface area (Å²) in [7, 11) is 0. The fourth-order valence-electron chi connectivity index (χ4n) is 2.08. The van der Waals surface area contributed by atoms with Gasteiger partial charge in [-0.3, -0.25) is 4.79 Å². The van der Waals surface area contributed by atoms with Crippen LogP contribution in [-0.4, -0.2) is 10.9 Å². The summed E-state index contributed by atoms with van der Waals surface area (Å²) in [4.78, 5) is 17.3. The van der Waals surface area contributed by atoms with Crippen molar-refractivity contribution in [1.29, 1.82) is 0 Å². The number of hydrogen-bond donors (Lipinski definition) is 1. The topological polar surface area (TPSA) is 42.0 Å². The van der Waals surface area contributed by atoms with Gasteiger partial charge in [-0.05, 0) is 25.1 Å². The van der Waals surface area contributed by atoms with Gasteiger partial charge in [-0.1, -0.05) is 41.9 Å². The highest BCUT2D eigenvalue weighted by molar-refractivity contribution is 7.17. The summed E-state index contributed by atoms with van der Waals surface area (Å²) in [5.74, 6) is -0.959. The van der Waals surface area contributed by atoms with Crippen LogP contribution in [0.4, 0.5) is 10.1 Å². The van der Waals surface area contributed by atoms with Gasteiger partial charge in [0.15, 0.2) is 0 Å². The lowest BCUT2D eigenvalue weighted by Crippen LogP contribution is -2.12. The predicted molar refractivity (Wildman–Crippen MR) is 91.7 cm³/mol. The summed E-state index contributed by atoms with van der Waals surface area (Å²) in [6, 6.07) is 13.7. The Bertz CT molecular complexity index is 864. The van der Waals surface area contributed by atoms with E-state index >= 15 is 0 Å². The van der Waals surface area contributed by atoms with Crippen LogP contribution >= 0.6 is 22.9 Å². The molecule has 1 heterocycles. The van der Waals surface area contributed by atoms with Gasteiger partial charge in [0.05, 0.1) is 11.4 Å². The van der Waals surface area contributed by atoms with Crippen molar-refractivity contribution < 1.29 is 9.18 Å². The third-order valence-corrected chi connectivity index (χ3v) is 4.64. The number of nitrogens with one attached hydrogen (secondary N) is 1. The molecule has 0 aliphatic carbocycles. The van der Waals surface area contributed by atoms with Crippen molar-refractivity contribution in [2.45, 2.75) is 6.92 Å². The second kappa shape index (κ2) is 6.48. The minimum Gasteiger partial charge on any atom is -0.319 e. The van der Waals surface area contributed by atoms with Crippen molar-refractivity contribution in [2.75, 3.05) is 5.32 Å². The van der Waals surface area contributed by atoms with Crippen LogP contribution in [0.15, 0.2) is 48.5 Å². The van der Waals surface area contributed by atoms with Crippen LogP contribution in [0.3, 0.4) is 0 Å². The van der Waals surface area contributed by atoms with Crippen LogP contribution in [0, 0.1) is 12.7 Å². The normalized spacial score (nSPS) is 10.6. The van der Waals surface area contributed by atoms with Crippen molar-refractivity contribution >= 4 is 34.5 Å². The Kier molecular flexibility index (Phi) is 4.41. The zero-order valence-corrected chi connectivity index (χ0v) is 13.7. The molecule has 2 aromatic carbocycles. The molecule has 116 valence electrons. The molecule has 0 fully saturated rings. The molecule has 0 aliphatic heterocycles. The molecular formula is C17H12ClFN2OS. The molecule has 1 N–H and O–H groups in total. The minimum atomic E-state index is -0.573. The van der Waals surface area contributed by atoms with Crippen molar-refractivity contribution in [3.63, 3.8) is 0 Å². The molecule has 0 radical (unpaired) electrons. The predicted octanol–water partition coefficient (Wildman–Crippen LogP) is 5.16. The van der Waals surface area contributed by atoms with Crippen molar-refractivity contribution in [2.24, 2.45) is 0 Å². The summed E-state index contributed by atoms with van der Waals surface area (Å²) >= 11 is 6.98. The third-order valence-electron chi connectivity index (χ3n) is 3.20. The zero-order chi connectivity index (χ0) is 16.4. The van der Waals surface area contributed by atoms with Gasteiger partial charge < -0.3 is 5.32 Å². The van der Waals surface area contributed by atoms with Crippen LogP contribution in [0.25, 0.3) is 10.6 Å². The van der Waals surface area contributed by atoms with Crippen LogP contribution in [0.5, 0.6) is 0 Å². The minimum absolute atomic E-state index is 0.0912. The number of rotatable bonds is 3. The van der Waals surface area contributed by atoms with E-state index in [1.807, 2.05) is 30.3 Å². The Morgan fingerprint density at radius 2 is 1.96 bits per heavy atom. The maximum Gasteiger partial charge on any atom is 0.267 e. The second-order valence-corrected chi connectivity index (χ2v) is 6.31. The Morgan fingerprint density at radius 1 is 1.22 bits per heavy atom. The molecule has 1 aromatic heterocycles. The highest BCUT2D eigenvalue weighted by Gasteiger charge is 2.17. The van der Waals surface area contributed by atoms with E-state index < -0.39 is 5.82 Å². The number of carbonyl (C=O) groups excluding carboxylic acids is 1. The van der Waals surface area contributed by atoms with Crippen molar-refractivity contribution in [3.8, 4) is 10.6 Å². The lowest BCUT2D eigenvalue weighted by molar-refractivity contribution is 0.102. The fraction of sp³-hybridized carbons (Fsp3) is 0.0588. The van der Waals surface area contributed by atoms with Crippen molar-refractivity contribution in [1.82, 2.24) is 4.98 Å². The highest BCUT2D eigenvalue weighted by atomic mass is 35.5. The summed E-state index contributed by atoms with van der Waals surface area (Å²) in [6.07, 6.45) is 0. The van der Waals surface area contributed by atoms with Gasteiger partial charge in [-0.2, -0.15) is 0 Å². The molecule has 0 saturated heterocycles. The number of nitrogens with zero attached hydrogens (tertiary/aromatic N) is 1. The number of aryl methyl sites for hydroxylation is 1. The lowest BCUT2D eigenvalue weighted by Gasteiger charge is -2.05. The van der Waals surface area contributed by atoms with E-state index in [0.29, 0.717) is 10.6 Å². The first-order valence-corrected chi connectivity index (χ1v) is 8.03. The molecule has 23 heavy (non-hydrogen) atoms. The summed E-state index contributed by atoms with van der Waals surface area (Å²) < 4.78 is 13.8. The fourth-order valence-corrected chi connectivity index (χ4v) is 3.21. The average Bonchev–Trinajstić information content (AvgIpc) is 2.93. The van der Waals surface area contributed by atoms with Gasteiger partial charge in [-0.15, -0.1) is 11.3 Å². The van der Waals surface area contributed by atoms with E-state index in [-0.39, 0.29) is 16.6 Å². The smallest absolute Gasteiger partial charge is 0.267 e. The quantitative estimate of drug-likeness (QED) is 0.711. The molecule has 6 heteroatoms. The van der Waals surface area contributed by atoms with Gasteiger partial charge in [0.2, 0.25) is 0 Å². The SMILES string of the molecule is Cc1nc(-c2ccccc2)sc1C(=O)Nc1ccc(Cl)cc1F. The molecule has 0 aliphatic rings. The maximum atomic E-state index is 13.8. The number of thiazole rings is 1. The van der Waals surface area contributed by atoms with E-state index in [1.54, 1.807) is 6.92 Å². The van der Waals surface area contributed by atoms with Gasteiger partial charge in [0, 0.05) is 10.6 Å². The molecule has 0 bridgehead atoms. The van der Waals surface area contributed by atoms with Crippen LogP contribution in [0.2, 0.25) is 5.02 Å². The number of anilines is 1. The largest absolute Gasteiger partial charge is 0.319 e. The molecule has 0 atom stereocenters. The number of hydrogen-bond acceptors (Lipinski definition) is 3. The van der Waals surface area contributed by atoms with E-state index in [0.717, 1.165) is 16.6 Å². The van der Waals surface area contributed by atoms with Gasteiger partial charge >= 0.3 is 0 Å². The molecule has 3 aromatic rings. The van der Waals surface area contributed by atoms with E-state index in [2.05, 4.69) is 10.3 Å². The van der Waals surface area contributed by atoms with Crippen LogP contribution in [-0.2, 0) is 0 Å². The summed E-state index contributed by atoms with van der Waals surface area (Å²) in [5.41, 5.74) is 1.64. The van der Waals surface area contributed by atoms with Crippen LogP contribution < -0.4 is 5.32 Å². The number of benzene rings is 2. The molecule has 1 amide bonds. The summed E-state index contributed by atoms with van der Waals surface area (Å²) in [5, 5.41) is 3.59. The molecule has 0 spiro atoms. The van der Waals surface area contributed by atoms with E-state index in [9.17, 15) is 9.18 Å². The molecule has 3 rings (SSSR count). The lowest BCUT2D eigenvalue weighted by atomic mass is 10.2. The van der Waals surface area contributed by atoms with Crippen molar-refractivity contribution in [3.05, 3.63) is 69.9 Å². The Hall–Kier alpha value is -2.24. The maximum absolute atomic E-state index is 13.8. The number of aromatic nitrogens is 1. The van der Waals surface area contributed by atoms with Gasteiger partial charge in [0.1, 0.15) is 15.7 Å². The van der Waals surface area contributed by atoms with Gasteiger partial charge in [0.25, 0.3) is 5.91 Å². The van der Waals surface area contributed by atoms with Gasteiger partial charge in [-0.25, -0.2) is 9.37 Å². The average molecular weight is 347 g/mol. The summed E-state index contributed by atoms with van der Waals surface area (Å²) in [6.45, 7) is 1.76.